The lowest BCUT2D eigenvalue weighted by Crippen LogP contribution is -1.92. The molecule has 17 heavy (non-hydrogen) atoms. The van der Waals surface area contributed by atoms with Gasteiger partial charge in [0.25, 0.3) is 0 Å². The van der Waals surface area contributed by atoms with E-state index in [9.17, 15) is 4.57 Å². The molecule has 2 nitrogen and oxygen atoms in total. The molecular weight excluding hydrogens is 231 g/mol. The summed E-state index contributed by atoms with van der Waals surface area (Å²) in [4.78, 5) is 8.64. The minimum absolute atomic E-state index is 0.488. The van der Waals surface area contributed by atoms with Gasteiger partial charge in [-0.3, -0.25) is 0 Å². The summed E-state index contributed by atoms with van der Waals surface area (Å²) in [6.45, 7) is 0. The van der Waals surface area contributed by atoms with Gasteiger partial charge in [0.15, 0.2) is 6.16 Å². The molecule has 0 bridgehead atoms. The van der Waals surface area contributed by atoms with Gasteiger partial charge in [-0.2, -0.15) is 4.89 Å². The van der Waals surface area contributed by atoms with Crippen LogP contribution in [-0.4, -0.2) is 11.1 Å². The highest BCUT2D eigenvalue weighted by molar-refractivity contribution is 7.37. The summed E-state index contributed by atoms with van der Waals surface area (Å²) in [5.41, 5.74) is 1.69. The van der Waals surface area contributed by atoms with Crippen LogP contribution >= 0.6 is 8.03 Å². The first-order valence-electron chi connectivity index (χ1n) is 7.10. The lowest BCUT2D eigenvalue weighted by molar-refractivity contribution is 0.498. The molecule has 1 rings (SSSR count). The topological polar surface area (TPSA) is 37.3 Å². The third kappa shape index (κ3) is 8.51. The Morgan fingerprint density at radius 2 is 1.76 bits per heavy atom. The summed E-state index contributed by atoms with van der Waals surface area (Å²) in [6, 6.07) is 0. The van der Waals surface area contributed by atoms with E-state index in [2.05, 4.69) is 6.08 Å². The minimum Gasteiger partial charge on any atom is -0.161 e. The molecule has 0 aromatic heterocycles. The fourth-order valence-electron chi connectivity index (χ4n) is 2.44. The number of unbranched alkanes of at least 4 members (excludes halogenated alkanes) is 5. The van der Waals surface area contributed by atoms with Gasteiger partial charge in [-0.25, -0.2) is 0 Å². The van der Waals surface area contributed by atoms with Crippen molar-refractivity contribution in [2.45, 2.75) is 70.6 Å². The van der Waals surface area contributed by atoms with E-state index in [4.69, 9.17) is 4.89 Å². The normalized spacial score (nSPS) is 16.8. The molecule has 0 saturated heterocycles. The van der Waals surface area contributed by atoms with Crippen LogP contribution in [0.3, 0.4) is 0 Å². The molecule has 1 unspecified atom stereocenters. The Kier molecular flexibility index (Phi) is 8.56. The van der Waals surface area contributed by atoms with Crippen LogP contribution in [0.1, 0.15) is 70.6 Å². The van der Waals surface area contributed by atoms with Crippen molar-refractivity contribution in [2.75, 3.05) is 6.16 Å². The molecule has 1 aliphatic carbocycles. The highest BCUT2D eigenvalue weighted by atomic mass is 31.1. The zero-order valence-corrected chi connectivity index (χ0v) is 11.8. The molecule has 0 radical (unpaired) electrons. The van der Waals surface area contributed by atoms with Crippen molar-refractivity contribution in [3.63, 3.8) is 0 Å². The summed E-state index contributed by atoms with van der Waals surface area (Å²) in [5.74, 6) is 0. The predicted molar refractivity (Wildman–Crippen MR) is 73.6 cm³/mol. The summed E-state index contributed by atoms with van der Waals surface area (Å²) < 4.78 is 10.5. The summed E-state index contributed by atoms with van der Waals surface area (Å²) in [7, 11) is -1.89. The molecule has 0 aliphatic heterocycles. The van der Waals surface area contributed by atoms with Gasteiger partial charge in [0.2, 0.25) is 0 Å². The standard InChI is InChI=1S/C14H25O2P/c15-17(16)13-9-4-2-1-3-6-10-14-11-7-5-8-12-14/h11H,1-10,12-13H2/p+1. The van der Waals surface area contributed by atoms with Gasteiger partial charge in [0.1, 0.15) is 0 Å². The first-order valence-corrected chi connectivity index (χ1v) is 8.50. The molecule has 0 heterocycles. The van der Waals surface area contributed by atoms with Crippen molar-refractivity contribution in [2.24, 2.45) is 0 Å². The fourth-order valence-corrected chi connectivity index (χ4v) is 2.93. The van der Waals surface area contributed by atoms with Gasteiger partial charge in [-0.05, 0) is 55.9 Å². The second kappa shape index (κ2) is 9.79. The maximum absolute atomic E-state index is 10.5. The van der Waals surface area contributed by atoms with Crippen molar-refractivity contribution >= 4 is 8.03 Å². The van der Waals surface area contributed by atoms with Crippen LogP contribution in [0.15, 0.2) is 11.6 Å². The summed E-state index contributed by atoms with van der Waals surface area (Å²) >= 11 is 0. The monoisotopic (exact) mass is 257 g/mol. The molecule has 1 N–H and O–H groups in total. The SMILES string of the molecule is O=[P+](O)CCCCCCCCC1=CCCCC1. The second-order valence-corrected chi connectivity index (χ2v) is 6.21. The molecule has 0 amide bonds. The van der Waals surface area contributed by atoms with E-state index in [0.717, 1.165) is 12.8 Å². The molecule has 1 atom stereocenters. The van der Waals surface area contributed by atoms with Crippen LogP contribution < -0.4 is 0 Å². The van der Waals surface area contributed by atoms with Crippen molar-refractivity contribution in [1.29, 1.82) is 0 Å². The summed E-state index contributed by atoms with van der Waals surface area (Å²) in [5, 5.41) is 0. The Morgan fingerprint density at radius 1 is 1.06 bits per heavy atom. The Labute approximate surface area is 106 Å². The van der Waals surface area contributed by atoms with Crippen molar-refractivity contribution in [3.8, 4) is 0 Å². The van der Waals surface area contributed by atoms with E-state index in [1.54, 1.807) is 5.57 Å². The minimum atomic E-state index is -1.89. The molecule has 98 valence electrons. The maximum Gasteiger partial charge on any atom is 0.505 e. The number of hydrogen-bond acceptors (Lipinski definition) is 1. The molecule has 0 fully saturated rings. The van der Waals surface area contributed by atoms with E-state index in [1.807, 2.05) is 0 Å². The zero-order valence-electron chi connectivity index (χ0n) is 10.9. The van der Waals surface area contributed by atoms with Gasteiger partial charge in [-0.1, -0.05) is 30.9 Å². The molecular formula is C14H26O2P+. The Morgan fingerprint density at radius 3 is 2.41 bits per heavy atom. The molecule has 0 saturated carbocycles. The van der Waals surface area contributed by atoms with Crippen LogP contribution in [-0.2, 0) is 4.57 Å². The second-order valence-electron chi connectivity index (χ2n) is 5.06. The average Bonchev–Trinajstić information content (AvgIpc) is 2.33. The lowest BCUT2D eigenvalue weighted by Gasteiger charge is -2.12. The van der Waals surface area contributed by atoms with Gasteiger partial charge in [-0.15, -0.1) is 0 Å². The van der Waals surface area contributed by atoms with Gasteiger partial charge in [0, 0.05) is 0 Å². The Hall–Kier alpha value is -0.200. The number of hydrogen-bond donors (Lipinski definition) is 1. The predicted octanol–water partition coefficient (Wildman–Crippen LogP) is 4.95. The molecule has 0 spiro atoms. The van der Waals surface area contributed by atoms with E-state index in [0.29, 0.717) is 6.16 Å². The quantitative estimate of drug-likeness (QED) is 0.360. The fraction of sp³-hybridized carbons (Fsp3) is 0.857. The lowest BCUT2D eigenvalue weighted by atomic mass is 9.95. The smallest absolute Gasteiger partial charge is 0.161 e. The average molecular weight is 257 g/mol. The van der Waals surface area contributed by atoms with E-state index in [1.165, 1.54) is 57.8 Å². The van der Waals surface area contributed by atoms with Crippen molar-refractivity contribution < 1.29 is 9.46 Å². The summed E-state index contributed by atoms with van der Waals surface area (Å²) in [6.07, 6.45) is 16.9. The van der Waals surface area contributed by atoms with Crippen molar-refractivity contribution in [3.05, 3.63) is 11.6 Å². The first-order chi connectivity index (χ1) is 8.29. The first kappa shape index (κ1) is 14.9. The Bertz CT molecular complexity index is 249. The third-order valence-corrected chi connectivity index (χ3v) is 4.18. The zero-order chi connectivity index (χ0) is 12.3. The molecule has 3 heteroatoms. The van der Waals surface area contributed by atoms with Gasteiger partial charge in [0.05, 0.1) is 0 Å². The van der Waals surface area contributed by atoms with Crippen molar-refractivity contribution in [1.82, 2.24) is 0 Å². The van der Waals surface area contributed by atoms with E-state index < -0.39 is 8.03 Å². The molecule has 1 aliphatic rings. The highest BCUT2D eigenvalue weighted by Crippen LogP contribution is 2.22. The molecule has 0 aromatic rings. The maximum atomic E-state index is 10.5. The van der Waals surface area contributed by atoms with Gasteiger partial charge >= 0.3 is 8.03 Å². The van der Waals surface area contributed by atoms with E-state index >= 15 is 0 Å². The Balaban J connectivity index is 1.84. The van der Waals surface area contributed by atoms with Crippen LogP contribution in [0.25, 0.3) is 0 Å². The third-order valence-electron chi connectivity index (χ3n) is 3.48. The van der Waals surface area contributed by atoms with Gasteiger partial charge < -0.3 is 0 Å². The number of allylic oxidation sites excluding steroid dienone is 2. The number of rotatable bonds is 9. The van der Waals surface area contributed by atoms with Crippen LogP contribution in [0, 0.1) is 0 Å². The van der Waals surface area contributed by atoms with Crippen LogP contribution in [0.4, 0.5) is 0 Å². The van der Waals surface area contributed by atoms with Crippen LogP contribution in [0.5, 0.6) is 0 Å². The largest absolute Gasteiger partial charge is 0.505 e. The van der Waals surface area contributed by atoms with E-state index in [-0.39, 0.29) is 0 Å². The van der Waals surface area contributed by atoms with Crippen LogP contribution in [0.2, 0.25) is 0 Å². The molecule has 0 aromatic carbocycles. The highest BCUT2D eigenvalue weighted by Gasteiger charge is 2.07.